The van der Waals surface area contributed by atoms with Crippen molar-refractivity contribution in [2.75, 3.05) is 18.0 Å². The molecule has 10 heteroatoms. The number of fused-ring (bicyclic) bond motifs is 1. The van der Waals surface area contributed by atoms with Gasteiger partial charge in [0.05, 0.1) is 17.7 Å². The van der Waals surface area contributed by atoms with Crippen molar-refractivity contribution in [3.05, 3.63) is 46.4 Å². The topological polar surface area (TPSA) is 107 Å². The molecule has 25 heavy (non-hydrogen) atoms. The maximum Gasteiger partial charge on any atom is 0.268 e. The summed E-state index contributed by atoms with van der Waals surface area (Å²) in [5.41, 5.74) is 1.05. The minimum Gasteiger partial charge on any atom is -0.495 e. The maximum atomic E-state index is 13.1. The average molecular weight is 447 g/mol. The highest BCUT2D eigenvalue weighted by molar-refractivity contribution is 9.10. The molecule has 1 aliphatic heterocycles. The molecule has 2 aromatic carbocycles. The van der Waals surface area contributed by atoms with E-state index < -0.39 is 20.0 Å². The number of nitrogens with zero attached hydrogens (tertiary/aromatic N) is 1. The predicted molar refractivity (Wildman–Crippen MR) is 96.7 cm³/mol. The van der Waals surface area contributed by atoms with Crippen molar-refractivity contribution in [1.82, 2.24) is 0 Å². The molecule has 1 heterocycles. The van der Waals surface area contributed by atoms with Gasteiger partial charge in [0.2, 0.25) is 10.0 Å². The number of rotatable bonds is 4. The minimum atomic E-state index is -3.87. The summed E-state index contributed by atoms with van der Waals surface area (Å²) < 4.78 is 56.2. The summed E-state index contributed by atoms with van der Waals surface area (Å²) in [6, 6.07) is 8.92. The monoisotopic (exact) mass is 446 g/mol. The van der Waals surface area contributed by atoms with E-state index in [9.17, 15) is 16.8 Å². The van der Waals surface area contributed by atoms with E-state index in [1.807, 2.05) is 0 Å². The van der Waals surface area contributed by atoms with Gasteiger partial charge in [-0.05, 0) is 48.4 Å². The summed E-state index contributed by atoms with van der Waals surface area (Å²) >= 11 is 3.27. The number of halogens is 1. The van der Waals surface area contributed by atoms with Crippen LogP contribution in [0.25, 0.3) is 0 Å². The van der Waals surface area contributed by atoms with Gasteiger partial charge in [-0.15, -0.1) is 0 Å². The van der Waals surface area contributed by atoms with Crippen molar-refractivity contribution >= 4 is 41.7 Å². The van der Waals surface area contributed by atoms with Crippen molar-refractivity contribution in [1.29, 1.82) is 0 Å². The minimum absolute atomic E-state index is 0.0350. The largest absolute Gasteiger partial charge is 0.495 e. The summed E-state index contributed by atoms with van der Waals surface area (Å²) in [5.74, 6) is 0.234. The molecule has 2 N–H and O–H groups in total. The third kappa shape index (κ3) is 3.26. The van der Waals surface area contributed by atoms with Gasteiger partial charge in [-0.3, -0.25) is 4.31 Å². The first kappa shape index (κ1) is 18.2. The molecule has 0 radical (unpaired) electrons. The second-order valence-corrected chi connectivity index (χ2v) is 9.77. The molecule has 0 amide bonds. The molecule has 0 bridgehead atoms. The standard InChI is InChI=1S/C15H15BrN2O5S2/c1-23-14-5-2-11(16)9-15(14)25(21,22)18-7-6-10-8-12(24(17,19)20)3-4-13(10)18/h2-5,8-9H,6-7H2,1H3,(H2,17,19,20). The molecule has 0 fully saturated rings. The van der Waals surface area contributed by atoms with Crippen LogP contribution in [0.1, 0.15) is 5.56 Å². The SMILES string of the molecule is COc1ccc(Br)cc1S(=O)(=O)N1CCc2cc(S(N)(=O)=O)ccc21. The van der Waals surface area contributed by atoms with Crippen LogP contribution < -0.4 is 14.2 Å². The van der Waals surface area contributed by atoms with E-state index in [1.165, 1.54) is 35.7 Å². The molecule has 0 saturated heterocycles. The number of hydrogen-bond donors (Lipinski definition) is 1. The van der Waals surface area contributed by atoms with E-state index in [0.717, 1.165) is 0 Å². The highest BCUT2D eigenvalue weighted by atomic mass is 79.9. The Morgan fingerprint density at radius 3 is 2.48 bits per heavy atom. The van der Waals surface area contributed by atoms with Crippen LogP contribution in [0.4, 0.5) is 5.69 Å². The highest BCUT2D eigenvalue weighted by Gasteiger charge is 2.33. The van der Waals surface area contributed by atoms with Gasteiger partial charge in [0.1, 0.15) is 10.6 Å². The number of benzene rings is 2. The van der Waals surface area contributed by atoms with Crippen molar-refractivity contribution in [2.24, 2.45) is 5.14 Å². The Bertz CT molecular complexity index is 1050. The number of ether oxygens (including phenoxy) is 1. The lowest BCUT2D eigenvalue weighted by Crippen LogP contribution is -2.29. The van der Waals surface area contributed by atoms with Crippen LogP contribution in [0.2, 0.25) is 0 Å². The van der Waals surface area contributed by atoms with Crippen LogP contribution in [0, 0.1) is 0 Å². The van der Waals surface area contributed by atoms with Crippen LogP contribution >= 0.6 is 15.9 Å². The normalized spacial score (nSPS) is 14.4. The number of primary sulfonamides is 1. The van der Waals surface area contributed by atoms with Gasteiger partial charge in [0.15, 0.2) is 0 Å². The van der Waals surface area contributed by atoms with Crippen molar-refractivity contribution in [3.8, 4) is 5.75 Å². The van der Waals surface area contributed by atoms with Gasteiger partial charge in [-0.2, -0.15) is 0 Å². The molecule has 0 aliphatic carbocycles. The van der Waals surface area contributed by atoms with Crippen molar-refractivity contribution < 1.29 is 21.6 Å². The van der Waals surface area contributed by atoms with E-state index in [-0.39, 0.29) is 22.1 Å². The fourth-order valence-corrected chi connectivity index (χ4v) is 5.51. The zero-order chi connectivity index (χ0) is 18.4. The Kier molecular flexibility index (Phi) is 4.56. The summed E-state index contributed by atoms with van der Waals surface area (Å²) in [6.45, 7) is 0.210. The van der Waals surface area contributed by atoms with Crippen LogP contribution in [0.3, 0.4) is 0 Å². The van der Waals surface area contributed by atoms with Crippen LogP contribution in [-0.2, 0) is 26.5 Å². The number of sulfonamides is 2. The fourth-order valence-electron chi connectivity index (χ4n) is 2.75. The number of methoxy groups -OCH3 is 1. The van der Waals surface area contributed by atoms with E-state index in [1.54, 1.807) is 12.1 Å². The van der Waals surface area contributed by atoms with Crippen LogP contribution in [0.15, 0.2) is 50.7 Å². The lowest BCUT2D eigenvalue weighted by atomic mass is 10.2. The Hall–Kier alpha value is -1.62. The van der Waals surface area contributed by atoms with Crippen molar-refractivity contribution in [2.45, 2.75) is 16.2 Å². The van der Waals surface area contributed by atoms with Gasteiger partial charge in [-0.25, -0.2) is 22.0 Å². The van der Waals surface area contributed by atoms with Gasteiger partial charge in [-0.1, -0.05) is 15.9 Å². The van der Waals surface area contributed by atoms with Crippen LogP contribution in [-0.4, -0.2) is 30.5 Å². The zero-order valence-corrected chi connectivity index (χ0v) is 16.4. The summed E-state index contributed by atoms with van der Waals surface area (Å²) in [7, 11) is -6.31. The first-order valence-corrected chi connectivity index (χ1v) is 10.9. The molecular formula is C15H15BrN2O5S2. The Morgan fingerprint density at radius 2 is 1.84 bits per heavy atom. The van der Waals surface area contributed by atoms with Crippen molar-refractivity contribution in [3.63, 3.8) is 0 Å². The van der Waals surface area contributed by atoms with Crippen LogP contribution in [0.5, 0.6) is 5.75 Å². The molecular weight excluding hydrogens is 432 g/mol. The predicted octanol–water partition coefficient (Wildman–Crippen LogP) is 1.86. The lowest BCUT2D eigenvalue weighted by molar-refractivity contribution is 0.402. The second-order valence-electron chi connectivity index (χ2n) is 5.46. The average Bonchev–Trinajstić information content (AvgIpc) is 2.97. The third-order valence-electron chi connectivity index (χ3n) is 3.93. The van der Waals surface area contributed by atoms with E-state index in [4.69, 9.17) is 9.88 Å². The highest BCUT2D eigenvalue weighted by Crippen LogP contribution is 2.37. The molecule has 134 valence electrons. The van der Waals surface area contributed by atoms with E-state index in [0.29, 0.717) is 22.1 Å². The quantitative estimate of drug-likeness (QED) is 0.770. The van der Waals surface area contributed by atoms with Gasteiger partial charge in [0.25, 0.3) is 10.0 Å². The van der Waals surface area contributed by atoms with E-state index >= 15 is 0 Å². The molecule has 2 aromatic rings. The van der Waals surface area contributed by atoms with Gasteiger partial charge in [0, 0.05) is 11.0 Å². The molecule has 7 nitrogen and oxygen atoms in total. The maximum absolute atomic E-state index is 13.1. The summed E-state index contributed by atoms with van der Waals surface area (Å²) in [5, 5.41) is 5.14. The second kappa shape index (κ2) is 6.27. The molecule has 1 aliphatic rings. The fraction of sp³-hybridized carbons (Fsp3) is 0.200. The smallest absolute Gasteiger partial charge is 0.268 e. The number of hydrogen-bond acceptors (Lipinski definition) is 5. The van der Waals surface area contributed by atoms with Gasteiger partial charge < -0.3 is 4.74 Å². The lowest BCUT2D eigenvalue weighted by Gasteiger charge is -2.21. The Morgan fingerprint density at radius 1 is 1.12 bits per heavy atom. The number of anilines is 1. The summed E-state index contributed by atoms with van der Waals surface area (Å²) in [4.78, 5) is -0.00159. The molecule has 0 aromatic heterocycles. The first-order chi connectivity index (χ1) is 11.6. The van der Waals surface area contributed by atoms with Gasteiger partial charge >= 0.3 is 0 Å². The molecule has 0 saturated carbocycles. The molecule has 0 atom stereocenters. The first-order valence-electron chi connectivity index (χ1n) is 7.16. The zero-order valence-electron chi connectivity index (χ0n) is 13.1. The number of nitrogens with two attached hydrogens (primary N) is 1. The van der Waals surface area contributed by atoms with E-state index in [2.05, 4.69) is 15.9 Å². The molecule has 0 unspecified atom stereocenters. The Balaban J connectivity index is 2.10. The Labute approximate surface area is 154 Å². The molecule has 0 spiro atoms. The molecule has 3 rings (SSSR count). The summed E-state index contributed by atoms with van der Waals surface area (Å²) in [6.07, 6.45) is 0.397. The third-order valence-corrected chi connectivity index (χ3v) is 7.16.